The highest BCUT2D eigenvalue weighted by atomic mass is 16.5. The summed E-state index contributed by atoms with van der Waals surface area (Å²) in [5.74, 6) is 1.74. The van der Waals surface area contributed by atoms with Crippen molar-refractivity contribution in [2.24, 2.45) is 5.73 Å². The molecule has 22 heavy (non-hydrogen) atoms. The molecule has 0 aliphatic heterocycles. The van der Waals surface area contributed by atoms with Crippen LogP contribution in [0, 0.1) is 0 Å². The maximum absolute atomic E-state index is 5.88. The molecule has 0 saturated heterocycles. The number of nitrogens with one attached hydrogen (secondary N) is 1. The summed E-state index contributed by atoms with van der Waals surface area (Å²) in [6, 6.07) is 16.3. The highest BCUT2D eigenvalue weighted by molar-refractivity contribution is 5.30. The van der Waals surface area contributed by atoms with E-state index in [0.29, 0.717) is 6.54 Å². The number of rotatable bonds is 8. The van der Waals surface area contributed by atoms with Crippen molar-refractivity contribution >= 4 is 0 Å². The summed E-state index contributed by atoms with van der Waals surface area (Å²) < 4.78 is 10.3. The first-order valence-electron chi connectivity index (χ1n) is 7.47. The lowest BCUT2D eigenvalue weighted by Gasteiger charge is -2.17. The molecule has 2 rings (SSSR count). The molecule has 1 atom stereocenters. The standard InChI is InChI=1S/C18H24N2O2/c1-21-16-7-3-14(4-8-16)11-12-20-18(13-19)15-5-9-17(22-2)10-6-15/h3-10,18,20H,11-13,19H2,1-2H3/t18-/m0/s1. The van der Waals surface area contributed by atoms with Gasteiger partial charge in [0.15, 0.2) is 0 Å². The van der Waals surface area contributed by atoms with E-state index >= 15 is 0 Å². The van der Waals surface area contributed by atoms with Crippen molar-refractivity contribution < 1.29 is 9.47 Å². The van der Waals surface area contributed by atoms with Crippen LogP contribution in [0.2, 0.25) is 0 Å². The van der Waals surface area contributed by atoms with Crippen molar-refractivity contribution in [3.8, 4) is 11.5 Å². The second-order valence-corrected chi connectivity index (χ2v) is 5.11. The van der Waals surface area contributed by atoms with Crippen LogP contribution in [0.1, 0.15) is 17.2 Å². The van der Waals surface area contributed by atoms with E-state index in [-0.39, 0.29) is 6.04 Å². The number of hydrogen-bond acceptors (Lipinski definition) is 4. The van der Waals surface area contributed by atoms with E-state index < -0.39 is 0 Å². The second-order valence-electron chi connectivity index (χ2n) is 5.11. The predicted molar refractivity (Wildman–Crippen MR) is 89.5 cm³/mol. The van der Waals surface area contributed by atoms with Crippen LogP contribution in [0.25, 0.3) is 0 Å². The van der Waals surface area contributed by atoms with E-state index in [1.54, 1.807) is 14.2 Å². The first kappa shape index (κ1) is 16.3. The summed E-state index contributed by atoms with van der Waals surface area (Å²) in [5.41, 5.74) is 8.34. The first-order chi connectivity index (χ1) is 10.8. The maximum atomic E-state index is 5.88. The number of methoxy groups -OCH3 is 2. The Morgan fingerprint density at radius 3 is 1.95 bits per heavy atom. The molecule has 4 nitrogen and oxygen atoms in total. The minimum absolute atomic E-state index is 0.157. The number of ether oxygens (including phenoxy) is 2. The monoisotopic (exact) mass is 300 g/mol. The molecule has 0 amide bonds. The van der Waals surface area contributed by atoms with Gasteiger partial charge in [0.05, 0.1) is 14.2 Å². The molecule has 3 N–H and O–H groups in total. The fraction of sp³-hybridized carbons (Fsp3) is 0.333. The first-order valence-corrected chi connectivity index (χ1v) is 7.47. The molecular weight excluding hydrogens is 276 g/mol. The quantitative estimate of drug-likeness (QED) is 0.786. The largest absolute Gasteiger partial charge is 0.497 e. The van der Waals surface area contributed by atoms with Crippen LogP contribution in [0.4, 0.5) is 0 Å². The molecule has 2 aromatic carbocycles. The van der Waals surface area contributed by atoms with Crippen LogP contribution >= 0.6 is 0 Å². The Bertz CT molecular complexity index is 552. The smallest absolute Gasteiger partial charge is 0.118 e. The molecule has 0 bridgehead atoms. The van der Waals surface area contributed by atoms with Crippen LogP contribution in [-0.4, -0.2) is 27.3 Å². The highest BCUT2D eigenvalue weighted by Gasteiger charge is 2.08. The maximum Gasteiger partial charge on any atom is 0.118 e. The minimum Gasteiger partial charge on any atom is -0.497 e. The summed E-state index contributed by atoms with van der Waals surface area (Å²) in [5, 5.41) is 3.50. The molecule has 0 aliphatic rings. The fourth-order valence-corrected chi connectivity index (χ4v) is 2.36. The van der Waals surface area contributed by atoms with Crippen molar-refractivity contribution in [1.29, 1.82) is 0 Å². The number of nitrogens with two attached hydrogens (primary N) is 1. The van der Waals surface area contributed by atoms with Crippen LogP contribution < -0.4 is 20.5 Å². The Morgan fingerprint density at radius 1 is 0.909 bits per heavy atom. The summed E-state index contributed by atoms with van der Waals surface area (Å²) >= 11 is 0. The molecule has 4 heteroatoms. The molecule has 0 aromatic heterocycles. The molecule has 0 unspecified atom stereocenters. The molecule has 0 spiro atoms. The van der Waals surface area contributed by atoms with Gasteiger partial charge in [0.25, 0.3) is 0 Å². The van der Waals surface area contributed by atoms with Gasteiger partial charge in [-0.1, -0.05) is 24.3 Å². The third-order valence-corrected chi connectivity index (χ3v) is 3.72. The zero-order valence-electron chi connectivity index (χ0n) is 13.2. The van der Waals surface area contributed by atoms with Gasteiger partial charge in [-0.2, -0.15) is 0 Å². The van der Waals surface area contributed by atoms with Gasteiger partial charge in [-0.15, -0.1) is 0 Å². The van der Waals surface area contributed by atoms with Crippen LogP contribution in [0.15, 0.2) is 48.5 Å². The predicted octanol–water partition coefficient (Wildman–Crippen LogP) is 2.54. The number of benzene rings is 2. The van der Waals surface area contributed by atoms with Crippen molar-refractivity contribution in [2.75, 3.05) is 27.3 Å². The summed E-state index contributed by atoms with van der Waals surface area (Å²) in [4.78, 5) is 0. The van der Waals surface area contributed by atoms with E-state index in [0.717, 1.165) is 24.5 Å². The lowest BCUT2D eigenvalue weighted by molar-refractivity contribution is 0.414. The van der Waals surface area contributed by atoms with Crippen LogP contribution in [0.5, 0.6) is 11.5 Å². The van der Waals surface area contributed by atoms with Gasteiger partial charge < -0.3 is 20.5 Å². The normalized spacial score (nSPS) is 12.0. The van der Waals surface area contributed by atoms with Gasteiger partial charge in [-0.05, 0) is 48.4 Å². The van der Waals surface area contributed by atoms with E-state index in [9.17, 15) is 0 Å². The minimum atomic E-state index is 0.157. The van der Waals surface area contributed by atoms with Gasteiger partial charge in [0.1, 0.15) is 11.5 Å². The van der Waals surface area contributed by atoms with Crippen molar-refractivity contribution in [2.45, 2.75) is 12.5 Å². The molecule has 118 valence electrons. The second kappa shape index (κ2) is 8.41. The van der Waals surface area contributed by atoms with E-state index in [1.807, 2.05) is 24.3 Å². The molecular formula is C18H24N2O2. The lowest BCUT2D eigenvalue weighted by atomic mass is 10.1. The SMILES string of the molecule is COc1ccc(CCN[C@@H](CN)c2ccc(OC)cc2)cc1. The molecule has 0 radical (unpaired) electrons. The summed E-state index contributed by atoms with van der Waals surface area (Å²) in [6.45, 7) is 1.44. The van der Waals surface area contributed by atoms with Crippen molar-refractivity contribution in [1.82, 2.24) is 5.32 Å². The van der Waals surface area contributed by atoms with Crippen LogP contribution in [-0.2, 0) is 6.42 Å². The van der Waals surface area contributed by atoms with Gasteiger partial charge in [0, 0.05) is 12.6 Å². The van der Waals surface area contributed by atoms with Crippen molar-refractivity contribution in [3.63, 3.8) is 0 Å². The van der Waals surface area contributed by atoms with E-state index in [2.05, 4.69) is 29.6 Å². The van der Waals surface area contributed by atoms with Gasteiger partial charge in [0.2, 0.25) is 0 Å². The van der Waals surface area contributed by atoms with Crippen LogP contribution in [0.3, 0.4) is 0 Å². The molecule has 0 fully saturated rings. The van der Waals surface area contributed by atoms with E-state index in [1.165, 1.54) is 11.1 Å². The zero-order chi connectivity index (χ0) is 15.8. The Balaban J connectivity index is 1.87. The van der Waals surface area contributed by atoms with Crippen molar-refractivity contribution in [3.05, 3.63) is 59.7 Å². The molecule has 0 aliphatic carbocycles. The summed E-state index contributed by atoms with van der Waals surface area (Å²) in [6.07, 6.45) is 0.955. The van der Waals surface area contributed by atoms with Gasteiger partial charge in [-0.25, -0.2) is 0 Å². The van der Waals surface area contributed by atoms with Gasteiger partial charge >= 0.3 is 0 Å². The van der Waals surface area contributed by atoms with E-state index in [4.69, 9.17) is 15.2 Å². The Morgan fingerprint density at radius 2 is 1.45 bits per heavy atom. The Kier molecular flexibility index (Phi) is 6.25. The lowest BCUT2D eigenvalue weighted by Crippen LogP contribution is -2.29. The van der Waals surface area contributed by atoms with Gasteiger partial charge in [-0.3, -0.25) is 0 Å². The third-order valence-electron chi connectivity index (χ3n) is 3.72. The summed E-state index contributed by atoms with van der Waals surface area (Å²) in [7, 11) is 3.35. The molecule has 0 heterocycles. The number of hydrogen-bond donors (Lipinski definition) is 2. The third kappa shape index (κ3) is 4.48. The molecule has 0 saturated carbocycles. The molecule has 2 aromatic rings. The topological polar surface area (TPSA) is 56.5 Å². The average Bonchev–Trinajstić information content (AvgIpc) is 2.59. The fourth-order valence-electron chi connectivity index (χ4n) is 2.36. The highest BCUT2D eigenvalue weighted by Crippen LogP contribution is 2.17. The average molecular weight is 300 g/mol. The zero-order valence-corrected chi connectivity index (χ0v) is 13.2. The Hall–Kier alpha value is -2.04. The Labute approximate surface area is 132 Å².